The van der Waals surface area contributed by atoms with Crippen LogP contribution in [0.5, 0.6) is 0 Å². The molecule has 1 rings (SSSR count). The summed E-state index contributed by atoms with van der Waals surface area (Å²) in [5, 5.41) is 8.67. The van der Waals surface area contributed by atoms with E-state index in [-0.39, 0.29) is 24.0 Å². The average Bonchev–Trinajstić information content (AvgIpc) is 2.27. The number of hydrogen-bond acceptors (Lipinski definition) is 4. The Labute approximate surface area is 110 Å². The highest BCUT2D eigenvalue weighted by atomic mass is 32.2. The van der Waals surface area contributed by atoms with E-state index in [9.17, 15) is 17.6 Å². The van der Waals surface area contributed by atoms with Gasteiger partial charge in [-0.2, -0.15) is 0 Å². The van der Waals surface area contributed by atoms with Crippen molar-refractivity contribution in [3.05, 3.63) is 29.6 Å². The van der Waals surface area contributed by atoms with Gasteiger partial charge in [0.1, 0.15) is 10.7 Å². The molecule has 0 unspecified atom stereocenters. The molecule has 0 aliphatic heterocycles. The molecule has 1 aromatic carbocycles. The molecule has 0 aliphatic carbocycles. The number of benzene rings is 1. The highest BCUT2D eigenvalue weighted by molar-refractivity contribution is 7.91. The van der Waals surface area contributed by atoms with E-state index >= 15 is 0 Å². The van der Waals surface area contributed by atoms with E-state index in [1.807, 2.05) is 0 Å². The minimum Gasteiger partial charge on any atom is -0.478 e. The summed E-state index contributed by atoms with van der Waals surface area (Å²) in [7, 11) is -3.82. The molecule has 0 atom stereocenters. The van der Waals surface area contributed by atoms with Crippen molar-refractivity contribution in [1.82, 2.24) is 0 Å². The van der Waals surface area contributed by atoms with Gasteiger partial charge in [0.05, 0.1) is 24.0 Å². The first kappa shape index (κ1) is 15.6. The van der Waals surface area contributed by atoms with Crippen LogP contribution >= 0.6 is 0 Å². The zero-order valence-corrected chi connectivity index (χ0v) is 11.4. The largest absolute Gasteiger partial charge is 0.478 e. The molecule has 0 saturated heterocycles. The van der Waals surface area contributed by atoms with Gasteiger partial charge in [-0.1, -0.05) is 0 Å². The zero-order valence-electron chi connectivity index (χ0n) is 10.6. The fourth-order valence-corrected chi connectivity index (χ4v) is 2.56. The maximum absolute atomic E-state index is 13.6. The Balaban J connectivity index is 2.93. The molecular weight excluding hydrogens is 275 g/mol. The van der Waals surface area contributed by atoms with Crippen molar-refractivity contribution in [2.75, 3.05) is 12.4 Å². The van der Waals surface area contributed by atoms with Crippen LogP contribution in [-0.2, 0) is 14.6 Å². The van der Waals surface area contributed by atoms with Crippen LogP contribution in [0.3, 0.4) is 0 Å². The molecule has 0 spiro atoms. The third kappa shape index (κ3) is 4.29. The lowest BCUT2D eigenvalue weighted by molar-refractivity contribution is 0.0696. The van der Waals surface area contributed by atoms with Crippen molar-refractivity contribution in [3.8, 4) is 0 Å². The Hall–Kier alpha value is -1.47. The van der Waals surface area contributed by atoms with Crippen LogP contribution in [0, 0.1) is 5.82 Å². The van der Waals surface area contributed by atoms with E-state index < -0.39 is 26.5 Å². The first-order valence-electron chi connectivity index (χ1n) is 5.61. The molecule has 0 radical (unpaired) electrons. The number of aromatic carboxylic acids is 1. The number of rotatable bonds is 6. The second-order valence-electron chi connectivity index (χ2n) is 4.19. The summed E-state index contributed by atoms with van der Waals surface area (Å²) in [6, 6.07) is 2.71. The van der Waals surface area contributed by atoms with Crippen LogP contribution in [0.15, 0.2) is 23.1 Å². The molecule has 0 aliphatic rings. The quantitative estimate of drug-likeness (QED) is 0.862. The van der Waals surface area contributed by atoms with Gasteiger partial charge in [-0.15, -0.1) is 0 Å². The molecule has 5 nitrogen and oxygen atoms in total. The second kappa shape index (κ2) is 6.12. The number of carboxylic acids is 1. The summed E-state index contributed by atoms with van der Waals surface area (Å²) >= 11 is 0. The number of hydrogen-bond donors (Lipinski definition) is 1. The molecule has 7 heteroatoms. The Bertz CT molecular complexity index is 565. The molecule has 0 fully saturated rings. The fourth-order valence-electron chi connectivity index (χ4n) is 1.39. The standard InChI is InChI=1S/C12H15FO5S/c1-8(2)18-5-6-19(16,17)11-4-3-9(12(14)15)7-10(11)13/h3-4,7-8H,5-6H2,1-2H3,(H,14,15). The summed E-state index contributed by atoms with van der Waals surface area (Å²) in [6.45, 7) is 3.48. The summed E-state index contributed by atoms with van der Waals surface area (Å²) in [4.78, 5) is 10.1. The van der Waals surface area contributed by atoms with Gasteiger partial charge >= 0.3 is 5.97 Å². The molecule has 106 valence electrons. The average molecular weight is 290 g/mol. The van der Waals surface area contributed by atoms with Gasteiger partial charge in [-0.3, -0.25) is 0 Å². The maximum Gasteiger partial charge on any atom is 0.335 e. The van der Waals surface area contributed by atoms with E-state index in [4.69, 9.17) is 9.84 Å². The summed E-state index contributed by atoms with van der Waals surface area (Å²) in [6.07, 6.45) is -0.116. The topological polar surface area (TPSA) is 80.7 Å². The van der Waals surface area contributed by atoms with Gasteiger partial charge in [-0.05, 0) is 32.0 Å². The molecule has 0 aromatic heterocycles. The van der Waals surface area contributed by atoms with E-state index in [0.717, 1.165) is 12.1 Å². The van der Waals surface area contributed by atoms with Crippen LogP contribution in [-0.4, -0.2) is 38.0 Å². The minimum atomic E-state index is -3.82. The highest BCUT2D eigenvalue weighted by Crippen LogP contribution is 2.17. The maximum atomic E-state index is 13.6. The van der Waals surface area contributed by atoms with Crippen LogP contribution in [0.4, 0.5) is 4.39 Å². The number of halogens is 1. The van der Waals surface area contributed by atoms with Gasteiger partial charge in [-0.25, -0.2) is 17.6 Å². The Morgan fingerprint density at radius 3 is 2.53 bits per heavy atom. The number of carbonyl (C=O) groups is 1. The predicted octanol–water partition coefficient (Wildman–Crippen LogP) is 1.72. The third-order valence-corrected chi connectivity index (χ3v) is 4.02. The summed E-state index contributed by atoms with van der Waals surface area (Å²) in [5.74, 6) is -2.73. The number of carboxylic acid groups (broad SMARTS) is 1. The van der Waals surface area contributed by atoms with Gasteiger partial charge in [0.25, 0.3) is 0 Å². The van der Waals surface area contributed by atoms with Crippen molar-refractivity contribution in [2.45, 2.75) is 24.8 Å². The lowest BCUT2D eigenvalue weighted by atomic mass is 10.2. The molecular formula is C12H15FO5S. The fraction of sp³-hybridized carbons (Fsp3) is 0.417. The van der Waals surface area contributed by atoms with Crippen LogP contribution in [0.25, 0.3) is 0 Å². The van der Waals surface area contributed by atoms with E-state index in [1.165, 1.54) is 0 Å². The molecule has 19 heavy (non-hydrogen) atoms. The molecule has 1 aromatic rings. The highest BCUT2D eigenvalue weighted by Gasteiger charge is 2.20. The smallest absolute Gasteiger partial charge is 0.335 e. The monoisotopic (exact) mass is 290 g/mol. The normalized spacial score (nSPS) is 11.8. The third-order valence-electron chi connectivity index (χ3n) is 2.32. The van der Waals surface area contributed by atoms with Crippen molar-refractivity contribution < 1.29 is 27.4 Å². The Morgan fingerprint density at radius 1 is 1.42 bits per heavy atom. The van der Waals surface area contributed by atoms with Gasteiger partial charge < -0.3 is 9.84 Å². The minimum absolute atomic E-state index is 0.0415. The zero-order chi connectivity index (χ0) is 14.6. The predicted molar refractivity (Wildman–Crippen MR) is 66.5 cm³/mol. The van der Waals surface area contributed by atoms with Crippen molar-refractivity contribution >= 4 is 15.8 Å². The molecule has 0 saturated carbocycles. The van der Waals surface area contributed by atoms with Crippen molar-refractivity contribution in [2.24, 2.45) is 0 Å². The SMILES string of the molecule is CC(C)OCCS(=O)(=O)c1ccc(C(=O)O)cc1F. The first-order chi connectivity index (χ1) is 8.74. The number of ether oxygens (including phenoxy) is 1. The van der Waals surface area contributed by atoms with E-state index in [0.29, 0.717) is 6.07 Å². The lowest BCUT2D eigenvalue weighted by Crippen LogP contribution is -2.16. The lowest BCUT2D eigenvalue weighted by Gasteiger charge is -2.09. The summed E-state index contributed by atoms with van der Waals surface area (Å²) < 4.78 is 42.4. The van der Waals surface area contributed by atoms with Crippen molar-refractivity contribution in [1.29, 1.82) is 0 Å². The van der Waals surface area contributed by atoms with Crippen molar-refractivity contribution in [3.63, 3.8) is 0 Å². The van der Waals surface area contributed by atoms with Crippen LogP contribution in [0.1, 0.15) is 24.2 Å². The van der Waals surface area contributed by atoms with Gasteiger partial charge in [0.15, 0.2) is 9.84 Å². The molecule has 1 N–H and O–H groups in total. The molecule has 0 bridgehead atoms. The van der Waals surface area contributed by atoms with E-state index in [2.05, 4.69) is 0 Å². The van der Waals surface area contributed by atoms with Crippen LogP contribution in [0.2, 0.25) is 0 Å². The molecule has 0 heterocycles. The summed E-state index contributed by atoms with van der Waals surface area (Å²) in [5.41, 5.74) is -0.296. The second-order valence-corrected chi connectivity index (χ2v) is 6.27. The van der Waals surface area contributed by atoms with E-state index in [1.54, 1.807) is 13.8 Å². The van der Waals surface area contributed by atoms with Crippen LogP contribution < -0.4 is 0 Å². The Morgan fingerprint density at radius 2 is 2.05 bits per heavy atom. The Kier molecular flexibility index (Phi) is 5.02. The molecule has 0 amide bonds. The number of sulfone groups is 1. The first-order valence-corrected chi connectivity index (χ1v) is 7.26. The van der Waals surface area contributed by atoms with Gasteiger partial charge in [0, 0.05) is 0 Å². The van der Waals surface area contributed by atoms with Gasteiger partial charge in [0.2, 0.25) is 0 Å².